The number of benzene rings is 2. The molecule has 0 aliphatic heterocycles. The first-order valence-corrected chi connectivity index (χ1v) is 9.18. The standard InChI is InChI=1S/C23H21ClN2.ClH/c1-15-5-4-6-18(13-15)14-26-17(3)16(2)21-11-12-25-22(23(21)26)19-7-9-20(24)10-8-19;/h4-13H,14H2,1-3H3;1H. The van der Waals surface area contributed by atoms with Crippen LogP contribution < -0.4 is 0 Å². The number of aromatic nitrogens is 2. The first-order valence-electron chi connectivity index (χ1n) is 8.80. The van der Waals surface area contributed by atoms with Crippen LogP contribution >= 0.6 is 24.0 Å². The fraction of sp³-hybridized carbons (Fsp3) is 0.174. The predicted molar refractivity (Wildman–Crippen MR) is 117 cm³/mol. The first kappa shape index (κ1) is 19.5. The van der Waals surface area contributed by atoms with Gasteiger partial charge in [0.05, 0.1) is 11.2 Å². The summed E-state index contributed by atoms with van der Waals surface area (Å²) >= 11 is 6.07. The Bertz CT molecular complexity index is 1100. The lowest BCUT2D eigenvalue weighted by Gasteiger charge is -2.12. The summed E-state index contributed by atoms with van der Waals surface area (Å²) in [5, 5.41) is 2.00. The van der Waals surface area contributed by atoms with E-state index >= 15 is 0 Å². The summed E-state index contributed by atoms with van der Waals surface area (Å²) in [7, 11) is 0. The topological polar surface area (TPSA) is 17.8 Å². The van der Waals surface area contributed by atoms with Crippen LogP contribution in [0.15, 0.2) is 60.8 Å². The van der Waals surface area contributed by atoms with E-state index in [1.54, 1.807) is 0 Å². The molecule has 2 heterocycles. The summed E-state index contributed by atoms with van der Waals surface area (Å²) in [5.74, 6) is 0. The van der Waals surface area contributed by atoms with Gasteiger partial charge in [-0.05, 0) is 50.1 Å². The van der Waals surface area contributed by atoms with Gasteiger partial charge in [0.25, 0.3) is 0 Å². The highest BCUT2D eigenvalue weighted by Crippen LogP contribution is 2.33. The summed E-state index contributed by atoms with van der Waals surface area (Å²) in [6.45, 7) is 7.35. The third-order valence-electron chi connectivity index (χ3n) is 5.09. The van der Waals surface area contributed by atoms with Crippen molar-refractivity contribution in [1.82, 2.24) is 9.55 Å². The minimum Gasteiger partial charge on any atom is -0.338 e. The molecule has 27 heavy (non-hydrogen) atoms. The van der Waals surface area contributed by atoms with E-state index < -0.39 is 0 Å². The summed E-state index contributed by atoms with van der Waals surface area (Å²) in [6.07, 6.45) is 1.90. The number of halogens is 2. The van der Waals surface area contributed by atoms with Crippen molar-refractivity contribution < 1.29 is 0 Å². The second kappa shape index (κ2) is 7.75. The van der Waals surface area contributed by atoms with Gasteiger partial charge in [0.2, 0.25) is 0 Å². The third-order valence-corrected chi connectivity index (χ3v) is 5.34. The SMILES string of the molecule is Cc1cccc(Cn2c(C)c(C)c3ccnc(-c4ccc(Cl)cc4)c32)c1.Cl. The summed E-state index contributed by atoms with van der Waals surface area (Å²) < 4.78 is 2.39. The van der Waals surface area contributed by atoms with Crippen molar-refractivity contribution in [3.8, 4) is 11.3 Å². The molecule has 4 heteroatoms. The van der Waals surface area contributed by atoms with Gasteiger partial charge in [-0.2, -0.15) is 0 Å². The van der Waals surface area contributed by atoms with Crippen LogP contribution in [0.25, 0.3) is 22.2 Å². The van der Waals surface area contributed by atoms with Crippen molar-refractivity contribution in [2.45, 2.75) is 27.3 Å². The zero-order valence-corrected chi connectivity index (χ0v) is 17.2. The zero-order chi connectivity index (χ0) is 18.3. The van der Waals surface area contributed by atoms with Crippen LogP contribution in [0, 0.1) is 20.8 Å². The summed E-state index contributed by atoms with van der Waals surface area (Å²) in [5.41, 5.74) is 8.45. The quantitative estimate of drug-likeness (QED) is 0.374. The molecule has 0 amide bonds. The van der Waals surface area contributed by atoms with E-state index in [4.69, 9.17) is 16.6 Å². The Labute approximate surface area is 171 Å². The van der Waals surface area contributed by atoms with Gasteiger partial charge >= 0.3 is 0 Å². The molecule has 0 aliphatic carbocycles. The van der Waals surface area contributed by atoms with Crippen molar-refractivity contribution >= 4 is 34.9 Å². The van der Waals surface area contributed by atoms with Gasteiger partial charge in [0.1, 0.15) is 0 Å². The number of fused-ring (bicyclic) bond motifs is 1. The molecule has 0 saturated carbocycles. The zero-order valence-electron chi connectivity index (χ0n) is 15.7. The molecular weight excluding hydrogens is 375 g/mol. The molecule has 4 rings (SSSR count). The predicted octanol–water partition coefficient (Wildman–Crippen LogP) is 6.75. The van der Waals surface area contributed by atoms with Crippen molar-refractivity contribution in [1.29, 1.82) is 0 Å². The van der Waals surface area contributed by atoms with Crippen LogP contribution in [0.3, 0.4) is 0 Å². The Morgan fingerprint density at radius 1 is 0.963 bits per heavy atom. The molecule has 0 N–H and O–H groups in total. The minimum absolute atomic E-state index is 0. The van der Waals surface area contributed by atoms with Crippen molar-refractivity contribution in [2.24, 2.45) is 0 Å². The van der Waals surface area contributed by atoms with Crippen LogP contribution in [0.5, 0.6) is 0 Å². The summed E-state index contributed by atoms with van der Waals surface area (Å²) in [6, 6.07) is 18.7. The van der Waals surface area contributed by atoms with Crippen molar-refractivity contribution in [3.05, 3.63) is 88.2 Å². The van der Waals surface area contributed by atoms with Gasteiger partial charge in [-0.25, -0.2) is 0 Å². The lowest BCUT2D eigenvalue weighted by Crippen LogP contribution is -2.03. The number of nitrogens with zero attached hydrogens (tertiary/aromatic N) is 2. The molecule has 2 aromatic heterocycles. The second-order valence-corrected chi connectivity index (χ2v) is 7.28. The highest BCUT2D eigenvalue weighted by atomic mass is 35.5. The molecule has 0 atom stereocenters. The van der Waals surface area contributed by atoms with E-state index in [1.165, 1.54) is 33.3 Å². The molecule has 0 radical (unpaired) electrons. The fourth-order valence-corrected chi connectivity index (χ4v) is 3.73. The average molecular weight is 397 g/mol. The summed E-state index contributed by atoms with van der Waals surface area (Å²) in [4.78, 5) is 4.72. The van der Waals surface area contributed by atoms with Gasteiger partial charge in [0.15, 0.2) is 0 Å². The Hall–Kier alpha value is -2.29. The van der Waals surface area contributed by atoms with Crippen molar-refractivity contribution in [3.63, 3.8) is 0 Å². The van der Waals surface area contributed by atoms with E-state index in [1.807, 2.05) is 30.5 Å². The Morgan fingerprint density at radius 3 is 2.41 bits per heavy atom. The molecule has 2 nitrogen and oxygen atoms in total. The van der Waals surface area contributed by atoms with Crippen LogP contribution in [-0.2, 0) is 6.54 Å². The number of hydrogen-bond donors (Lipinski definition) is 0. The lowest BCUT2D eigenvalue weighted by molar-refractivity contribution is 0.799. The van der Waals surface area contributed by atoms with E-state index in [0.29, 0.717) is 0 Å². The van der Waals surface area contributed by atoms with E-state index in [0.717, 1.165) is 22.8 Å². The molecule has 0 unspecified atom stereocenters. The smallest absolute Gasteiger partial charge is 0.0945 e. The average Bonchev–Trinajstić information content (AvgIpc) is 2.88. The Kier molecular flexibility index (Phi) is 5.59. The van der Waals surface area contributed by atoms with Gasteiger partial charge in [0, 0.05) is 34.4 Å². The molecular formula is C23H22Cl2N2. The first-order chi connectivity index (χ1) is 12.5. The van der Waals surface area contributed by atoms with E-state index in [-0.39, 0.29) is 12.4 Å². The van der Waals surface area contributed by atoms with Crippen LogP contribution in [0.2, 0.25) is 5.02 Å². The van der Waals surface area contributed by atoms with Crippen LogP contribution in [-0.4, -0.2) is 9.55 Å². The van der Waals surface area contributed by atoms with E-state index in [2.05, 4.69) is 55.7 Å². The lowest BCUT2D eigenvalue weighted by atomic mass is 10.1. The van der Waals surface area contributed by atoms with Crippen molar-refractivity contribution in [2.75, 3.05) is 0 Å². The largest absolute Gasteiger partial charge is 0.338 e. The Balaban J connectivity index is 0.00000210. The normalized spacial score (nSPS) is 10.8. The van der Waals surface area contributed by atoms with Gasteiger partial charge in [-0.1, -0.05) is 53.6 Å². The fourth-order valence-electron chi connectivity index (χ4n) is 3.60. The maximum atomic E-state index is 6.07. The minimum atomic E-state index is 0. The number of hydrogen-bond acceptors (Lipinski definition) is 1. The number of aryl methyl sites for hydroxylation is 2. The molecule has 0 bridgehead atoms. The molecule has 0 saturated heterocycles. The maximum Gasteiger partial charge on any atom is 0.0945 e. The highest BCUT2D eigenvalue weighted by Gasteiger charge is 2.16. The van der Waals surface area contributed by atoms with Gasteiger partial charge in [-0.15, -0.1) is 12.4 Å². The van der Waals surface area contributed by atoms with E-state index in [9.17, 15) is 0 Å². The maximum absolute atomic E-state index is 6.07. The monoisotopic (exact) mass is 396 g/mol. The molecule has 0 fully saturated rings. The molecule has 138 valence electrons. The third kappa shape index (κ3) is 3.60. The highest BCUT2D eigenvalue weighted by molar-refractivity contribution is 6.30. The molecule has 0 aliphatic rings. The molecule has 4 aromatic rings. The number of pyridine rings is 1. The van der Waals surface area contributed by atoms with Crippen LogP contribution in [0.1, 0.15) is 22.4 Å². The molecule has 0 spiro atoms. The van der Waals surface area contributed by atoms with Crippen LogP contribution in [0.4, 0.5) is 0 Å². The second-order valence-electron chi connectivity index (χ2n) is 6.85. The van der Waals surface area contributed by atoms with Gasteiger partial charge in [-0.3, -0.25) is 4.98 Å². The molecule has 2 aromatic carbocycles. The van der Waals surface area contributed by atoms with Gasteiger partial charge < -0.3 is 4.57 Å². The Morgan fingerprint density at radius 2 is 1.70 bits per heavy atom. The number of rotatable bonds is 3.